The van der Waals surface area contributed by atoms with Gasteiger partial charge in [-0.25, -0.2) is 0 Å². The van der Waals surface area contributed by atoms with Crippen LogP contribution in [0.2, 0.25) is 0 Å². The van der Waals surface area contributed by atoms with E-state index in [0.717, 1.165) is 24.5 Å². The highest BCUT2D eigenvalue weighted by Crippen LogP contribution is 2.23. The molecule has 98 valence electrons. The van der Waals surface area contributed by atoms with Gasteiger partial charge in [0.25, 0.3) is 0 Å². The SMILES string of the molecule is CN(C)c1ccccc1NC(=O)C1CNCCN1. The Morgan fingerprint density at radius 2 is 2.11 bits per heavy atom. The zero-order valence-corrected chi connectivity index (χ0v) is 10.9. The van der Waals surface area contributed by atoms with E-state index in [1.165, 1.54) is 0 Å². The fourth-order valence-electron chi connectivity index (χ4n) is 2.03. The Kier molecular flexibility index (Phi) is 4.17. The number of rotatable bonds is 3. The molecule has 5 nitrogen and oxygen atoms in total. The second-order valence-electron chi connectivity index (χ2n) is 4.61. The number of para-hydroxylation sites is 2. The van der Waals surface area contributed by atoms with E-state index in [1.54, 1.807) is 0 Å². The van der Waals surface area contributed by atoms with Gasteiger partial charge in [-0.3, -0.25) is 4.79 Å². The van der Waals surface area contributed by atoms with E-state index < -0.39 is 0 Å². The summed E-state index contributed by atoms with van der Waals surface area (Å²) in [5, 5.41) is 9.38. The van der Waals surface area contributed by atoms with Crippen molar-refractivity contribution < 1.29 is 4.79 Å². The van der Waals surface area contributed by atoms with Crippen LogP contribution in [0.5, 0.6) is 0 Å². The molecule has 1 aromatic carbocycles. The van der Waals surface area contributed by atoms with Crippen molar-refractivity contribution in [1.82, 2.24) is 10.6 Å². The number of carbonyl (C=O) groups is 1. The molecule has 1 atom stereocenters. The maximum atomic E-state index is 12.1. The molecule has 1 heterocycles. The number of amides is 1. The molecule has 0 radical (unpaired) electrons. The minimum atomic E-state index is -0.158. The highest BCUT2D eigenvalue weighted by atomic mass is 16.2. The average molecular weight is 248 g/mol. The van der Waals surface area contributed by atoms with Crippen molar-refractivity contribution >= 4 is 17.3 Å². The predicted octanol–water partition coefficient (Wildman–Crippen LogP) is 0.253. The van der Waals surface area contributed by atoms with Crippen LogP contribution in [0.15, 0.2) is 24.3 Å². The highest BCUT2D eigenvalue weighted by Gasteiger charge is 2.20. The molecule has 1 amide bonds. The molecule has 18 heavy (non-hydrogen) atoms. The molecule has 1 saturated heterocycles. The molecule has 5 heteroatoms. The summed E-state index contributed by atoms with van der Waals surface area (Å²) in [6.07, 6.45) is 0. The van der Waals surface area contributed by atoms with Gasteiger partial charge in [-0.15, -0.1) is 0 Å². The first-order valence-corrected chi connectivity index (χ1v) is 6.20. The van der Waals surface area contributed by atoms with E-state index in [0.29, 0.717) is 6.54 Å². The molecule has 0 aromatic heterocycles. The average Bonchev–Trinajstić information content (AvgIpc) is 2.40. The number of piperazine rings is 1. The number of benzene rings is 1. The van der Waals surface area contributed by atoms with Crippen molar-refractivity contribution in [3.05, 3.63) is 24.3 Å². The Morgan fingerprint density at radius 3 is 2.78 bits per heavy atom. The largest absolute Gasteiger partial charge is 0.376 e. The maximum Gasteiger partial charge on any atom is 0.242 e. The third kappa shape index (κ3) is 3.00. The Balaban J connectivity index is 2.06. The van der Waals surface area contributed by atoms with Crippen molar-refractivity contribution in [2.45, 2.75) is 6.04 Å². The zero-order valence-electron chi connectivity index (χ0n) is 10.9. The molecule has 3 N–H and O–H groups in total. The first kappa shape index (κ1) is 12.9. The standard InChI is InChI=1S/C13H20N4O/c1-17(2)12-6-4-3-5-10(12)16-13(18)11-9-14-7-8-15-11/h3-6,11,14-15H,7-9H2,1-2H3,(H,16,18). The minimum Gasteiger partial charge on any atom is -0.376 e. The van der Waals surface area contributed by atoms with E-state index in [1.807, 2.05) is 43.3 Å². The van der Waals surface area contributed by atoms with Gasteiger partial charge in [0.05, 0.1) is 17.4 Å². The van der Waals surface area contributed by atoms with Crippen LogP contribution in [0.25, 0.3) is 0 Å². The smallest absolute Gasteiger partial charge is 0.242 e. The molecular weight excluding hydrogens is 228 g/mol. The van der Waals surface area contributed by atoms with Crippen LogP contribution in [0.4, 0.5) is 11.4 Å². The van der Waals surface area contributed by atoms with Gasteiger partial charge in [0, 0.05) is 33.7 Å². The summed E-state index contributed by atoms with van der Waals surface area (Å²) in [7, 11) is 3.93. The summed E-state index contributed by atoms with van der Waals surface area (Å²) in [5.74, 6) is 0.0106. The predicted molar refractivity (Wildman–Crippen MR) is 74.1 cm³/mol. The molecule has 2 rings (SSSR count). The molecule has 1 aliphatic rings. The van der Waals surface area contributed by atoms with Gasteiger partial charge in [0.1, 0.15) is 0 Å². The summed E-state index contributed by atoms with van der Waals surface area (Å²) in [6.45, 7) is 2.42. The Morgan fingerprint density at radius 1 is 1.33 bits per heavy atom. The van der Waals surface area contributed by atoms with Crippen LogP contribution in [0, 0.1) is 0 Å². The fourth-order valence-corrected chi connectivity index (χ4v) is 2.03. The first-order chi connectivity index (χ1) is 8.68. The van der Waals surface area contributed by atoms with Crippen LogP contribution in [0.1, 0.15) is 0 Å². The summed E-state index contributed by atoms with van der Waals surface area (Å²) in [4.78, 5) is 14.1. The topological polar surface area (TPSA) is 56.4 Å². The summed E-state index contributed by atoms with van der Waals surface area (Å²) >= 11 is 0. The van der Waals surface area contributed by atoms with E-state index >= 15 is 0 Å². The quantitative estimate of drug-likeness (QED) is 0.718. The number of hydrogen-bond acceptors (Lipinski definition) is 4. The van der Waals surface area contributed by atoms with E-state index in [2.05, 4.69) is 16.0 Å². The van der Waals surface area contributed by atoms with Gasteiger partial charge in [-0.05, 0) is 12.1 Å². The third-order valence-corrected chi connectivity index (χ3v) is 3.00. The third-order valence-electron chi connectivity index (χ3n) is 3.00. The van der Waals surface area contributed by atoms with Crippen LogP contribution in [-0.4, -0.2) is 45.7 Å². The minimum absolute atomic E-state index is 0.0106. The number of carbonyl (C=O) groups excluding carboxylic acids is 1. The number of nitrogens with zero attached hydrogens (tertiary/aromatic N) is 1. The maximum absolute atomic E-state index is 12.1. The molecular formula is C13H20N4O. The van der Waals surface area contributed by atoms with Crippen molar-refractivity contribution in [2.24, 2.45) is 0 Å². The van der Waals surface area contributed by atoms with Crippen LogP contribution < -0.4 is 20.9 Å². The van der Waals surface area contributed by atoms with E-state index in [-0.39, 0.29) is 11.9 Å². The molecule has 1 aliphatic heterocycles. The van der Waals surface area contributed by atoms with Gasteiger partial charge in [0.15, 0.2) is 0 Å². The highest BCUT2D eigenvalue weighted by molar-refractivity contribution is 5.97. The zero-order chi connectivity index (χ0) is 13.0. The molecule has 1 unspecified atom stereocenters. The van der Waals surface area contributed by atoms with Crippen molar-refractivity contribution in [3.63, 3.8) is 0 Å². The molecule has 0 saturated carbocycles. The van der Waals surface area contributed by atoms with Gasteiger partial charge in [0.2, 0.25) is 5.91 Å². The first-order valence-electron chi connectivity index (χ1n) is 6.20. The van der Waals surface area contributed by atoms with Gasteiger partial charge >= 0.3 is 0 Å². The lowest BCUT2D eigenvalue weighted by Gasteiger charge is -2.25. The monoisotopic (exact) mass is 248 g/mol. The lowest BCUT2D eigenvalue weighted by molar-refractivity contribution is -0.118. The van der Waals surface area contributed by atoms with Crippen molar-refractivity contribution in [3.8, 4) is 0 Å². The Labute approximate surface area is 108 Å². The summed E-state index contributed by atoms with van der Waals surface area (Å²) in [6, 6.07) is 7.64. The lowest BCUT2D eigenvalue weighted by atomic mass is 10.2. The number of anilines is 2. The van der Waals surface area contributed by atoms with E-state index in [4.69, 9.17) is 0 Å². The summed E-state index contributed by atoms with van der Waals surface area (Å²) in [5.41, 5.74) is 1.86. The molecule has 0 bridgehead atoms. The normalized spacial score (nSPS) is 19.3. The van der Waals surface area contributed by atoms with Gasteiger partial charge in [-0.2, -0.15) is 0 Å². The van der Waals surface area contributed by atoms with Gasteiger partial charge in [-0.1, -0.05) is 12.1 Å². The van der Waals surface area contributed by atoms with Crippen LogP contribution in [-0.2, 0) is 4.79 Å². The fraction of sp³-hybridized carbons (Fsp3) is 0.462. The van der Waals surface area contributed by atoms with Gasteiger partial charge < -0.3 is 20.9 Å². The second-order valence-corrected chi connectivity index (χ2v) is 4.61. The van der Waals surface area contributed by atoms with Crippen molar-refractivity contribution in [2.75, 3.05) is 43.9 Å². The number of hydrogen-bond donors (Lipinski definition) is 3. The molecule has 0 aliphatic carbocycles. The number of nitrogens with one attached hydrogen (secondary N) is 3. The molecule has 0 spiro atoms. The second kappa shape index (κ2) is 5.84. The lowest BCUT2D eigenvalue weighted by Crippen LogP contribution is -2.54. The van der Waals surface area contributed by atoms with E-state index in [9.17, 15) is 4.79 Å². The summed E-state index contributed by atoms with van der Waals surface area (Å²) < 4.78 is 0. The molecule has 1 fully saturated rings. The van der Waals surface area contributed by atoms with Crippen LogP contribution >= 0.6 is 0 Å². The molecule has 1 aromatic rings. The Hall–Kier alpha value is -1.59. The Bertz CT molecular complexity index is 413. The van der Waals surface area contributed by atoms with Crippen LogP contribution in [0.3, 0.4) is 0 Å². The van der Waals surface area contributed by atoms with Crippen molar-refractivity contribution in [1.29, 1.82) is 0 Å².